The molecule has 0 spiro atoms. The molecule has 2 aromatic carbocycles. The zero-order valence-corrected chi connectivity index (χ0v) is 16.6. The minimum atomic E-state index is -0.342. The van der Waals surface area contributed by atoms with E-state index < -0.39 is 0 Å². The number of anilines is 3. The summed E-state index contributed by atoms with van der Waals surface area (Å²) in [6.45, 7) is 5.38. The Bertz CT molecular complexity index is 1030. The largest absolute Gasteiger partial charge is 0.489 e. The monoisotopic (exact) mass is 389 g/mol. The number of carbonyl (C=O) groups excluding carboxylic acids is 2. The molecule has 0 aliphatic heterocycles. The molecule has 6 heteroatoms. The number of pyridine rings is 1. The molecule has 0 atom stereocenters. The lowest BCUT2D eigenvalue weighted by molar-refractivity contribution is 0.101. The molecule has 3 aromatic rings. The average Bonchev–Trinajstić information content (AvgIpc) is 2.69. The Morgan fingerprint density at radius 3 is 2.48 bits per heavy atom. The van der Waals surface area contributed by atoms with Crippen molar-refractivity contribution < 1.29 is 14.3 Å². The van der Waals surface area contributed by atoms with Crippen molar-refractivity contribution in [1.82, 2.24) is 4.98 Å². The summed E-state index contributed by atoms with van der Waals surface area (Å²) in [6, 6.07) is 17.9. The molecule has 1 amide bonds. The van der Waals surface area contributed by atoms with Gasteiger partial charge in [0.2, 0.25) is 0 Å². The lowest BCUT2D eigenvalue weighted by Crippen LogP contribution is -2.15. The summed E-state index contributed by atoms with van der Waals surface area (Å²) in [5.74, 6) is 0.253. The van der Waals surface area contributed by atoms with E-state index in [0.717, 1.165) is 5.69 Å². The molecule has 0 aliphatic rings. The van der Waals surface area contributed by atoms with Crippen molar-refractivity contribution >= 4 is 28.8 Å². The summed E-state index contributed by atoms with van der Waals surface area (Å²) in [7, 11) is 0. The predicted molar refractivity (Wildman–Crippen MR) is 114 cm³/mol. The van der Waals surface area contributed by atoms with Gasteiger partial charge >= 0.3 is 0 Å². The van der Waals surface area contributed by atoms with Crippen LogP contribution in [0.1, 0.15) is 41.6 Å². The van der Waals surface area contributed by atoms with E-state index in [9.17, 15) is 9.59 Å². The van der Waals surface area contributed by atoms with Crippen LogP contribution in [0.3, 0.4) is 0 Å². The quantitative estimate of drug-likeness (QED) is 0.552. The number of nitrogens with one attached hydrogen (secondary N) is 2. The van der Waals surface area contributed by atoms with Crippen molar-refractivity contribution in [2.75, 3.05) is 10.6 Å². The molecule has 148 valence electrons. The number of rotatable bonds is 7. The highest BCUT2D eigenvalue weighted by Gasteiger charge is 2.12. The molecule has 0 bridgehead atoms. The van der Waals surface area contributed by atoms with Gasteiger partial charge in [0, 0.05) is 23.1 Å². The number of aromatic nitrogens is 1. The van der Waals surface area contributed by atoms with E-state index in [4.69, 9.17) is 4.74 Å². The first kappa shape index (κ1) is 20.1. The van der Waals surface area contributed by atoms with E-state index in [1.54, 1.807) is 42.6 Å². The lowest BCUT2D eigenvalue weighted by Gasteiger charge is -2.15. The van der Waals surface area contributed by atoms with Crippen molar-refractivity contribution in [2.24, 2.45) is 0 Å². The Hall–Kier alpha value is -3.67. The van der Waals surface area contributed by atoms with Crippen LogP contribution in [0.5, 0.6) is 5.75 Å². The van der Waals surface area contributed by atoms with Crippen LogP contribution < -0.4 is 15.4 Å². The van der Waals surface area contributed by atoms with Crippen molar-refractivity contribution in [2.45, 2.75) is 26.9 Å². The standard InChI is InChI=1S/C23H23N3O3/c1-15(2)29-22-10-5-4-9-20(22)26-23(28)21-14-19(11-12-24-21)25-18-8-6-7-17(13-18)16(3)27/h4-15H,1-3H3,(H,24,25)(H,26,28). The van der Waals surface area contributed by atoms with Crippen LogP contribution in [0.15, 0.2) is 66.9 Å². The SMILES string of the molecule is CC(=O)c1cccc(Nc2ccnc(C(=O)Nc3ccccc3OC(C)C)c2)c1. The highest BCUT2D eigenvalue weighted by Crippen LogP contribution is 2.26. The van der Waals surface area contributed by atoms with Gasteiger partial charge in [0.15, 0.2) is 5.78 Å². The predicted octanol–water partition coefficient (Wildman–Crippen LogP) is 5.07. The van der Waals surface area contributed by atoms with Crippen LogP contribution in [0, 0.1) is 0 Å². The molecular weight excluding hydrogens is 366 g/mol. The number of hydrogen-bond donors (Lipinski definition) is 2. The summed E-state index contributed by atoms with van der Waals surface area (Å²) < 4.78 is 5.74. The van der Waals surface area contributed by atoms with Gasteiger partial charge in [-0.05, 0) is 57.2 Å². The second-order valence-corrected chi connectivity index (χ2v) is 6.81. The molecule has 0 radical (unpaired) electrons. The Kier molecular flexibility index (Phi) is 6.24. The summed E-state index contributed by atoms with van der Waals surface area (Å²) in [5.41, 5.74) is 2.91. The van der Waals surface area contributed by atoms with Gasteiger partial charge < -0.3 is 15.4 Å². The van der Waals surface area contributed by atoms with E-state index >= 15 is 0 Å². The van der Waals surface area contributed by atoms with Crippen LogP contribution in [0.2, 0.25) is 0 Å². The molecule has 0 saturated heterocycles. The van der Waals surface area contributed by atoms with Crippen molar-refractivity contribution in [1.29, 1.82) is 0 Å². The fourth-order valence-electron chi connectivity index (χ4n) is 2.73. The first-order valence-electron chi connectivity index (χ1n) is 9.33. The maximum absolute atomic E-state index is 12.7. The molecule has 2 N–H and O–H groups in total. The molecule has 0 saturated carbocycles. The number of Topliss-reactive ketones (excluding diaryl/α,β-unsaturated/α-hetero) is 1. The van der Waals surface area contributed by atoms with Gasteiger partial charge in [0.25, 0.3) is 5.91 Å². The van der Waals surface area contributed by atoms with Gasteiger partial charge in [-0.15, -0.1) is 0 Å². The molecule has 0 aliphatic carbocycles. The second kappa shape index (κ2) is 9.01. The summed E-state index contributed by atoms with van der Waals surface area (Å²) in [4.78, 5) is 28.4. The van der Waals surface area contributed by atoms with Crippen molar-refractivity contribution in [3.63, 3.8) is 0 Å². The van der Waals surface area contributed by atoms with Crippen LogP contribution >= 0.6 is 0 Å². The summed E-state index contributed by atoms with van der Waals surface area (Å²) in [5, 5.41) is 6.05. The topological polar surface area (TPSA) is 80.3 Å². The van der Waals surface area contributed by atoms with E-state index in [2.05, 4.69) is 15.6 Å². The number of carbonyl (C=O) groups is 2. The molecule has 0 unspecified atom stereocenters. The van der Waals surface area contributed by atoms with Crippen LogP contribution in [0.25, 0.3) is 0 Å². The third-order valence-electron chi connectivity index (χ3n) is 4.05. The Morgan fingerprint density at radius 1 is 0.966 bits per heavy atom. The minimum Gasteiger partial charge on any atom is -0.489 e. The first-order valence-corrected chi connectivity index (χ1v) is 9.33. The highest BCUT2D eigenvalue weighted by atomic mass is 16.5. The van der Waals surface area contributed by atoms with Gasteiger partial charge in [-0.1, -0.05) is 24.3 Å². The number of para-hydroxylation sites is 2. The van der Waals surface area contributed by atoms with Crippen LogP contribution in [0.4, 0.5) is 17.1 Å². The number of amides is 1. The van der Waals surface area contributed by atoms with E-state index in [1.165, 1.54) is 6.92 Å². The van der Waals surface area contributed by atoms with Gasteiger partial charge in [0.05, 0.1) is 11.8 Å². The number of ketones is 1. The molecule has 1 aromatic heterocycles. The van der Waals surface area contributed by atoms with E-state index in [-0.39, 0.29) is 23.5 Å². The second-order valence-electron chi connectivity index (χ2n) is 6.81. The van der Waals surface area contributed by atoms with Gasteiger partial charge in [-0.3, -0.25) is 14.6 Å². The molecule has 6 nitrogen and oxygen atoms in total. The van der Waals surface area contributed by atoms with Gasteiger partial charge in [-0.2, -0.15) is 0 Å². The fraction of sp³-hybridized carbons (Fsp3) is 0.174. The van der Waals surface area contributed by atoms with E-state index in [0.29, 0.717) is 22.7 Å². The lowest BCUT2D eigenvalue weighted by atomic mass is 10.1. The zero-order valence-electron chi connectivity index (χ0n) is 16.6. The Balaban J connectivity index is 1.77. The maximum atomic E-state index is 12.7. The molecular formula is C23H23N3O3. The third-order valence-corrected chi connectivity index (χ3v) is 4.05. The number of benzene rings is 2. The van der Waals surface area contributed by atoms with Gasteiger partial charge in [-0.25, -0.2) is 0 Å². The smallest absolute Gasteiger partial charge is 0.274 e. The summed E-state index contributed by atoms with van der Waals surface area (Å²) >= 11 is 0. The average molecular weight is 389 g/mol. The number of ether oxygens (including phenoxy) is 1. The minimum absolute atomic E-state index is 0.00859. The van der Waals surface area contributed by atoms with Crippen LogP contribution in [-0.4, -0.2) is 22.8 Å². The normalized spacial score (nSPS) is 10.5. The molecule has 0 fully saturated rings. The van der Waals surface area contributed by atoms with E-state index in [1.807, 2.05) is 38.1 Å². The Labute approximate surface area is 169 Å². The van der Waals surface area contributed by atoms with Gasteiger partial charge in [0.1, 0.15) is 11.4 Å². The Morgan fingerprint density at radius 2 is 1.72 bits per heavy atom. The maximum Gasteiger partial charge on any atom is 0.274 e. The van der Waals surface area contributed by atoms with Crippen LogP contribution in [-0.2, 0) is 0 Å². The number of nitrogens with zero attached hydrogens (tertiary/aromatic N) is 1. The molecule has 1 heterocycles. The molecule has 29 heavy (non-hydrogen) atoms. The zero-order chi connectivity index (χ0) is 20.8. The fourth-order valence-corrected chi connectivity index (χ4v) is 2.73. The summed E-state index contributed by atoms with van der Waals surface area (Å²) in [6.07, 6.45) is 1.55. The first-order chi connectivity index (χ1) is 13.9. The molecule has 3 rings (SSSR count). The highest BCUT2D eigenvalue weighted by molar-refractivity contribution is 6.04. The van der Waals surface area contributed by atoms with Crippen molar-refractivity contribution in [3.8, 4) is 5.75 Å². The van der Waals surface area contributed by atoms with Crippen molar-refractivity contribution in [3.05, 3.63) is 78.1 Å². The third kappa shape index (κ3) is 5.42. The number of hydrogen-bond acceptors (Lipinski definition) is 5.